The molecule has 0 bridgehead atoms. The van der Waals surface area contributed by atoms with Crippen LogP contribution in [0.4, 0.5) is 0 Å². The molecule has 1 fully saturated rings. The number of hydrogen-bond acceptors (Lipinski definition) is 4. The van der Waals surface area contributed by atoms with Gasteiger partial charge in [0.05, 0.1) is 19.6 Å². The molecule has 2 amide bonds. The van der Waals surface area contributed by atoms with Gasteiger partial charge in [0.25, 0.3) is 0 Å². The molecule has 0 spiro atoms. The maximum atomic E-state index is 12.5. The fourth-order valence-electron chi connectivity index (χ4n) is 2.89. The number of carbonyl (C=O) groups excluding carboxylic acids is 2. The van der Waals surface area contributed by atoms with Gasteiger partial charge in [0.15, 0.2) is 0 Å². The third-order valence-corrected chi connectivity index (χ3v) is 4.25. The smallest absolute Gasteiger partial charge is 0.224 e. The van der Waals surface area contributed by atoms with Gasteiger partial charge in [-0.05, 0) is 36.6 Å². The van der Waals surface area contributed by atoms with Crippen molar-refractivity contribution in [3.8, 4) is 5.75 Å². The van der Waals surface area contributed by atoms with E-state index in [0.29, 0.717) is 19.0 Å². The van der Waals surface area contributed by atoms with Gasteiger partial charge in [0.2, 0.25) is 11.8 Å². The zero-order chi connectivity index (χ0) is 16.8. The third-order valence-electron chi connectivity index (χ3n) is 4.25. The van der Waals surface area contributed by atoms with Crippen molar-refractivity contribution in [2.24, 2.45) is 11.7 Å². The molecule has 6 heteroatoms. The molecule has 0 aliphatic carbocycles. The van der Waals surface area contributed by atoms with Crippen LogP contribution in [-0.4, -0.2) is 43.5 Å². The molecule has 23 heavy (non-hydrogen) atoms. The first-order valence-electron chi connectivity index (χ1n) is 7.92. The molecule has 126 valence electrons. The third kappa shape index (κ3) is 4.69. The van der Waals surface area contributed by atoms with E-state index in [2.05, 4.69) is 5.32 Å². The molecule has 1 aromatic carbocycles. The van der Waals surface area contributed by atoms with E-state index in [0.717, 1.165) is 24.3 Å². The van der Waals surface area contributed by atoms with Crippen LogP contribution in [0, 0.1) is 5.92 Å². The quantitative estimate of drug-likeness (QED) is 0.821. The average molecular weight is 319 g/mol. The van der Waals surface area contributed by atoms with E-state index in [1.54, 1.807) is 7.11 Å². The topological polar surface area (TPSA) is 84.7 Å². The highest BCUT2D eigenvalue weighted by atomic mass is 16.5. The molecule has 2 atom stereocenters. The first kappa shape index (κ1) is 17.3. The Balaban J connectivity index is 2.05. The maximum absolute atomic E-state index is 12.5. The lowest BCUT2D eigenvalue weighted by Crippen LogP contribution is -2.35. The molecular formula is C17H25N3O3. The van der Waals surface area contributed by atoms with Gasteiger partial charge < -0.3 is 20.7 Å². The molecule has 0 aromatic heterocycles. The minimum atomic E-state index is -0.331. The summed E-state index contributed by atoms with van der Waals surface area (Å²) in [6.07, 6.45) is 1.21. The zero-order valence-electron chi connectivity index (χ0n) is 13.7. The van der Waals surface area contributed by atoms with Crippen LogP contribution >= 0.6 is 0 Å². The summed E-state index contributed by atoms with van der Waals surface area (Å²) in [4.78, 5) is 25.8. The van der Waals surface area contributed by atoms with Crippen LogP contribution in [0.15, 0.2) is 24.3 Å². The molecule has 0 radical (unpaired) electrons. The van der Waals surface area contributed by atoms with Crippen LogP contribution in [0.3, 0.4) is 0 Å². The fraction of sp³-hybridized carbons (Fsp3) is 0.529. The lowest BCUT2D eigenvalue weighted by molar-refractivity contribution is -0.131. The number of ether oxygens (including phenoxy) is 1. The minimum Gasteiger partial charge on any atom is -0.497 e. The summed E-state index contributed by atoms with van der Waals surface area (Å²) < 4.78 is 5.14. The first-order chi connectivity index (χ1) is 11.0. The van der Waals surface area contributed by atoms with Crippen molar-refractivity contribution in [2.75, 3.05) is 26.7 Å². The highest BCUT2D eigenvalue weighted by molar-refractivity contribution is 5.79. The summed E-state index contributed by atoms with van der Waals surface area (Å²) in [5.74, 6) is 1.03. The summed E-state index contributed by atoms with van der Waals surface area (Å²) >= 11 is 0. The number of hydrogen-bond donors (Lipinski definition) is 2. The summed E-state index contributed by atoms with van der Waals surface area (Å²) in [6.45, 7) is 3.53. The van der Waals surface area contributed by atoms with Crippen LogP contribution < -0.4 is 15.8 Å². The number of rotatable bonds is 6. The Hall–Kier alpha value is -2.08. The molecule has 1 saturated heterocycles. The number of nitrogens with one attached hydrogen (secondary N) is 1. The highest BCUT2D eigenvalue weighted by Gasteiger charge is 2.27. The Labute approximate surface area is 137 Å². The first-order valence-corrected chi connectivity index (χ1v) is 7.92. The second-order valence-electron chi connectivity index (χ2n) is 5.96. The zero-order valence-corrected chi connectivity index (χ0v) is 13.7. The number of nitrogens with zero attached hydrogens (tertiary/aromatic N) is 1. The van der Waals surface area contributed by atoms with E-state index in [1.165, 1.54) is 6.92 Å². The SMILES string of the molecule is COc1ccc([C@@H](CC(=O)N2CC[C@H](CN)C2)NC(C)=O)cc1. The molecule has 1 aliphatic rings. The van der Waals surface area contributed by atoms with E-state index < -0.39 is 0 Å². The molecular weight excluding hydrogens is 294 g/mol. The van der Waals surface area contributed by atoms with E-state index in [4.69, 9.17) is 10.5 Å². The van der Waals surface area contributed by atoms with Gasteiger partial charge in [-0.3, -0.25) is 9.59 Å². The van der Waals surface area contributed by atoms with E-state index >= 15 is 0 Å². The molecule has 1 heterocycles. The molecule has 1 aromatic rings. The minimum absolute atomic E-state index is 0.0514. The van der Waals surface area contributed by atoms with Gasteiger partial charge in [-0.15, -0.1) is 0 Å². The summed E-state index contributed by atoms with van der Waals surface area (Å²) in [7, 11) is 1.60. The van der Waals surface area contributed by atoms with Crippen LogP contribution in [-0.2, 0) is 9.59 Å². The van der Waals surface area contributed by atoms with Gasteiger partial charge >= 0.3 is 0 Å². The van der Waals surface area contributed by atoms with Crippen molar-refractivity contribution in [3.63, 3.8) is 0 Å². The van der Waals surface area contributed by atoms with E-state index in [-0.39, 0.29) is 24.3 Å². The van der Waals surface area contributed by atoms with Gasteiger partial charge in [-0.1, -0.05) is 12.1 Å². The van der Waals surface area contributed by atoms with Gasteiger partial charge in [0.1, 0.15) is 5.75 Å². The standard InChI is InChI=1S/C17H25N3O3/c1-12(21)19-16(14-3-5-15(23-2)6-4-14)9-17(22)20-8-7-13(10-18)11-20/h3-6,13,16H,7-11,18H2,1-2H3,(H,19,21)/t13-,16-/m1/s1. The van der Waals surface area contributed by atoms with E-state index in [1.807, 2.05) is 29.2 Å². The number of benzene rings is 1. The second-order valence-corrected chi connectivity index (χ2v) is 5.96. The molecule has 2 rings (SSSR count). The molecule has 1 aliphatic heterocycles. The van der Waals surface area contributed by atoms with Crippen LogP contribution in [0.2, 0.25) is 0 Å². The van der Waals surface area contributed by atoms with Crippen LogP contribution in [0.25, 0.3) is 0 Å². The van der Waals surface area contributed by atoms with E-state index in [9.17, 15) is 9.59 Å². The van der Waals surface area contributed by atoms with Crippen molar-refractivity contribution >= 4 is 11.8 Å². The Kier molecular flexibility index (Phi) is 5.98. The summed E-state index contributed by atoms with van der Waals surface area (Å²) in [5.41, 5.74) is 6.57. The Morgan fingerprint density at radius 3 is 2.61 bits per heavy atom. The number of nitrogens with two attached hydrogens (primary N) is 1. The van der Waals surface area contributed by atoms with Gasteiger partial charge in [0, 0.05) is 20.0 Å². The Morgan fingerprint density at radius 1 is 1.39 bits per heavy atom. The number of carbonyl (C=O) groups is 2. The van der Waals surface area contributed by atoms with Crippen molar-refractivity contribution < 1.29 is 14.3 Å². The molecule has 3 N–H and O–H groups in total. The predicted octanol–water partition coefficient (Wildman–Crippen LogP) is 1.07. The lowest BCUT2D eigenvalue weighted by atomic mass is 10.0. The fourth-order valence-corrected chi connectivity index (χ4v) is 2.89. The number of methoxy groups -OCH3 is 1. The molecule has 6 nitrogen and oxygen atoms in total. The number of likely N-dealkylation sites (tertiary alicyclic amines) is 1. The monoisotopic (exact) mass is 319 g/mol. The van der Waals surface area contributed by atoms with Crippen LogP contribution in [0.1, 0.15) is 31.4 Å². The second kappa shape index (κ2) is 7.97. The summed E-state index contributed by atoms with van der Waals surface area (Å²) in [6, 6.07) is 7.07. The van der Waals surface area contributed by atoms with Gasteiger partial charge in [-0.2, -0.15) is 0 Å². The average Bonchev–Trinajstić information content (AvgIpc) is 3.03. The van der Waals surface area contributed by atoms with Crippen molar-refractivity contribution in [1.82, 2.24) is 10.2 Å². The Morgan fingerprint density at radius 2 is 2.09 bits per heavy atom. The highest BCUT2D eigenvalue weighted by Crippen LogP contribution is 2.23. The predicted molar refractivity (Wildman–Crippen MR) is 87.9 cm³/mol. The molecule has 0 saturated carbocycles. The maximum Gasteiger partial charge on any atom is 0.224 e. The van der Waals surface area contributed by atoms with Gasteiger partial charge in [-0.25, -0.2) is 0 Å². The van der Waals surface area contributed by atoms with Crippen molar-refractivity contribution in [2.45, 2.75) is 25.8 Å². The van der Waals surface area contributed by atoms with Crippen molar-refractivity contribution in [1.29, 1.82) is 0 Å². The summed E-state index contributed by atoms with van der Waals surface area (Å²) in [5, 5.41) is 2.86. The molecule has 0 unspecified atom stereocenters. The largest absolute Gasteiger partial charge is 0.497 e. The normalized spacial score (nSPS) is 18.6. The van der Waals surface area contributed by atoms with Crippen molar-refractivity contribution in [3.05, 3.63) is 29.8 Å². The van der Waals surface area contributed by atoms with Crippen LogP contribution in [0.5, 0.6) is 5.75 Å². The Bertz CT molecular complexity index is 545. The number of amides is 2. The lowest BCUT2D eigenvalue weighted by Gasteiger charge is -2.22.